The van der Waals surface area contributed by atoms with Gasteiger partial charge in [0, 0.05) is 31.7 Å². The van der Waals surface area contributed by atoms with Gasteiger partial charge in [-0.2, -0.15) is 4.31 Å². The largest absolute Gasteiger partial charge is 0.497 e. The molecule has 0 aliphatic carbocycles. The fraction of sp³-hybridized carbons (Fsp3) is 0.333. The number of methoxy groups -OCH3 is 1. The zero-order valence-electron chi connectivity index (χ0n) is 17.0. The van der Waals surface area contributed by atoms with E-state index in [1.54, 1.807) is 67.5 Å². The average molecular weight is 432 g/mol. The van der Waals surface area contributed by atoms with Gasteiger partial charge in [0.2, 0.25) is 10.0 Å². The van der Waals surface area contributed by atoms with E-state index in [2.05, 4.69) is 5.32 Å². The van der Waals surface area contributed by atoms with Gasteiger partial charge in [0.1, 0.15) is 5.75 Å². The second-order valence-corrected chi connectivity index (χ2v) is 9.08. The maximum atomic E-state index is 13.0. The van der Waals surface area contributed by atoms with Crippen molar-refractivity contribution >= 4 is 27.5 Å². The van der Waals surface area contributed by atoms with Crippen molar-refractivity contribution in [3.63, 3.8) is 0 Å². The van der Waals surface area contributed by atoms with E-state index in [9.17, 15) is 18.0 Å². The molecule has 1 N–H and O–H groups in total. The molecule has 8 nitrogen and oxygen atoms in total. The number of amides is 2. The number of nitrogens with zero attached hydrogens (tertiary/aromatic N) is 2. The Kier molecular flexibility index (Phi) is 6.73. The number of rotatable bonds is 6. The molecule has 0 unspecified atom stereocenters. The Hall–Kier alpha value is -2.91. The summed E-state index contributed by atoms with van der Waals surface area (Å²) in [7, 11) is -1.72. The van der Waals surface area contributed by atoms with E-state index < -0.39 is 10.0 Å². The molecule has 9 heteroatoms. The standard InChI is InChI=1S/C21H25N3O5S/c1-3-30(27,28)24-14-12-23(13-15-24)21(26)18-6-4-5-7-19(18)22-20(25)16-8-10-17(29-2)11-9-16/h4-11H,3,12-15H2,1-2H3,(H,22,25). The Morgan fingerprint density at radius 1 is 1.00 bits per heavy atom. The molecule has 1 fully saturated rings. The van der Waals surface area contributed by atoms with Crippen LogP contribution in [-0.2, 0) is 10.0 Å². The second kappa shape index (κ2) is 9.27. The van der Waals surface area contributed by atoms with Crippen LogP contribution in [0.3, 0.4) is 0 Å². The van der Waals surface area contributed by atoms with Crippen molar-refractivity contribution in [2.24, 2.45) is 0 Å². The minimum atomic E-state index is -3.27. The lowest BCUT2D eigenvalue weighted by Crippen LogP contribution is -2.51. The average Bonchev–Trinajstić information content (AvgIpc) is 2.79. The van der Waals surface area contributed by atoms with Gasteiger partial charge in [0.15, 0.2) is 0 Å². The maximum Gasteiger partial charge on any atom is 0.256 e. The van der Waals surface area contributed by atoms with Gasteiger partial charge < -0.3 is 15.0 Å². The van der Waals surface area contributed by atoms with Crippen molar-refractivity contribution in [2.45, 2.75) is 6.92 Å². The van der Waals surface area contributed by atoms with Crippen LogP contribution < -0.4 is 10.1 Å². The predicted octanol–water partition coefficient (Wildman–Crippen LogP) is 2.05. The highest BCUT2D eigenvalue weighted by molar-refractivity contribution is 7.89. The van der Waals surface area contributed by atoms with Crippen LogP contribution in [0.1, 0.15) is 27.6 Å². The Morgan fingerprint density at radius 2 is 1.63 bits per heavy atom. The Bertz CT molecular complexity index is 1010. The van der Waals surface area contributed by atoms with Crippen molar-refractivity contribution in [2.75, 3.05) is 44.4 Å². The van der Waals surface area contributed by atoms with E-state index >= 15 is 0 Å². The van der Waals surface area contributed by atoms with Crippen molar-refractivity contribution < 1.29 is 22.7 Å². The fourth-order valence-corrected chi connectivity index (χ4v) is 4.32. The number of ether oxygens (including phenoxy) is 1. The van der Waals surface area contributed by atoms with E-state index in [1.807, 2.05) is 0 Å². The smallest absolute Gasteiger partial charge is 0.256 e. The lowest BCUT2D eigenvalue weighted by Gasteiger charge is -2.34. The molecule has 0 bridgehead atoms. The van der Waals surface area contributed by atoms with E-state index in [0.29, 0.717) is 35.7 Å². The number of carbonyl (C=O) groups excluding carboxylic acids is 2. The van der Waals surface area contributed by atoms with Crippen molar-refractivity contribution in [3.05, 3.63) is 59.7 Å². The number of hydrogen-bond acceptors (Lipinski definition) is 5. The molecule has 3 rings (SSSR count). The molecule has 2 amide bonds. The molecule has 160 valence electrons. The molecule has 0 saturated carbocycles. The van der Waals surface area contributed by atoms with Crippen LogP contribution in [0.15, 0.2) is 48.5 Å². The number of sulfonamides is 1. The first-order valence-corrected chi connectivity index (χ1v) is 11.3. The first kappa shape index (κ1) is 21.8. The molecule has 0 aromatic heterocycles. The number of carbonyl (C=O) groups is 2. The van der Waals surface area contributed by atoms with Gasteiger partial charge in [0.25, 0.3) is 11.8 Å². The summed E-state index contributed by atoms with van der Waals surface area (Å²) in [5, 5.41) is 2.79. The maximum absolute atomic E-state index is 13.0. The quantitative estimate of drug-likeness (QED) is 0.755. The topological polar surface area (TPSA) is 96.0 Å². The Labute approximate surface area is 176 Å². The summed E-state index contributed by atoms with van der Waals surface area (Å²) >= 11 is 0. The molecular formula is C21H25N3O5S. The third-order valence-corrected chi connectivity index (χ3v) is 6.92. The lowest BCUT2D eigenvalue weighted by molar-refractivity contribution is 0.0699. The van der Waals surface area contributed by atoms with Gasteiger partial charge in [-0.15, -0.1) is 0 Å². The van der Waals surface area contributed by atoms with Gasteiger partial charge >= 0.3 is 0 Å². The number of para-hydroxylation sites is 1. The first-order valence-electron chi connectivity index (χ1n) is 9.67. The minimum Gasteiger partial charge on any atom is -0.497 e. The van der Waals surface area contributed by atoms with Gasteiger partial charge in [-0.25, -0.2) is 8.42 Å². The van der Waals surface area contributed by atoms with Crippen molar-refractivity contribution in [1.82, 2.24) is 9.21 Å². The lowest BCUT2D eigenvalue weighted by atomic mass is 10.1. The summed E-state index contributed by atoms with van der Waals surface area (Å²) in [6.45, 7) is 2.75. The summed E-state index contributed by atoms with van der Waals surface area (Å²) in [6.07, 6.45) is 0. The molecule has 0 spiro atoms. The summed E-state index contributed by atoms with van der Waals surface area (Å²) in [6, 6.07) is 13.5. The zero-order chi connectivity index (χ0) is 21.7. The normalized spacial score (nSPS) is 14.9. The van der Waals surface area contributed by atoms with Crippen LogP contribution in [0, 0.1) is 0 Å². The van der Waals surface area contributed by atoms with Crippen LogP contribution in [0.2, 0.25) is 0 Å². The van der Waals surface area contributed by atoms with E-state index in [1.165, 1.54) is 4.31 Å². The molecule has 2 aromatic carbocycles. The molecule has 1 saturated heterocycles. The fourth-order valence-electron chi connectivity index (χ4n) is 3.24. The third kappa shape index (κ3) is 4.80. The zero-order valence-corrected chi connectivity index (χ0v) is 17.8. The molecule has 1 aliphatic rings. The van der Waals surface area contributed by atoms with Gasteiger partial charge in [0.05, 0.1) is 24.1 Å². The van der Waals surface area contributed by atoms with Gasteiger partial charge in [-0.3, -0.25) is 9.59 Å². The van der Waals surface area contributed by atoms with Gasteiger partial charge in [-0.1, -0.05) is 12.1 Å². The highest BCUT2D eigenvalue weighted by atomic mass is 32.2. The minimum absolute atomic E-state index is 0.0428. The van der Waals surface area contributed by atoms with Crippen molar-refractivity contribution in [3.8, 4) is 5.75 Å². The third-order valence-electron chi connectivity index (χ3n) is 5.04. The summed E-state index contributed by atoms with van der Waals surface area (Å²) in [5.74, 6) is 0.110. The summed E-state index contributed by atoms with van der Waals surface area (Å²) < 4.78 is 30.5. The van der Waals surface area contributed by atoms with Gasteiger partial charge in [-0.05, 0) is 43.3 Å². The molecule has 30 heavy (non-hydrogen) atoms. The number of hydrogen-bond donors (Lipinski definition) is 1. The first-order chi connectivity index (χ1) is 14.4. The second-order valence-electron chi connectivity index (χ2n) is 6.82. The van der Waals surface area contributed by atoms with Crippen LogP contribution in [0.25, 0.3) is 0 Å². The SMILES string of the molecule is CCS(=O)(=O)N1CCN(C(=O)c2ccccc2NC(=O)c2ccc(OC)cc2)CC1. The number of anilines is 1. The van der Waals surface area contributed by atoms with E-state index in [4.69, 9.17) is 4.74 Å². The monoisotopic (exact) mass is 431 g/mol. The molecule has 0 radical (unpaired) electrons. The Balaban J connectivity index is 1.72. The molecule has 1 aliphatic heterocycles. The Morgan fingerprint density at radius 3 is 2.23 bits per heavy atom. The highest BCUT2D eigenvalue weighted by Crippen LogP contribution is 2.20. The molecule has 1 heterocycles. The van der Waals surface area contributed by atoms with E-state index in [0.717, 1.165) is 0 Å². The van der Waals surface area contributed by atoms with E-state index in [-0.39, 0.29) is 30.7 Å². The number of benzene rings is 2. The highest BCUT2D eigenvalue weighted by Gasteiger charge is 2.29. The van der Waals surface area contributed by atoms with Crippen LogP contribution in [0.4, 0.5) is 5.69 Å². The predicted molar refractivity (Wildman–Crippen MR) is 114 cm³/mol. The summed E-state index contributed by atoms with van der Waals surface area (Å²) in [5.41, 5.74) is 1.22. The van der Waals surface area contributed by atoms with Crippen LogP contribution >= 0.6 is 0 Å². The molecule has 0 atom stereocenters. The summed E-state index contributed by atoms with van der Waals surface area (Å²) in [4.78, 5) is 27.3. The van der Waals surface area contributed by atoms with Crippen LogP contribution in [-0.4, -0.2) is 68.5 Å². The van der Waals surface area contributed by atoms with Crippen LogP contribution in [0.5, 0.6) is 5.75 Å². The number of piperazine rings is 1. The molecule has 2 aromatic rings. The molecular weight excluding hydrogens is 406 g/mol. The van der Waals surface area contributed by atoms with Crippen molar-refractivity contribution in [1.29, 1.82) is 0 Å². The number of nitrogens with one attached hydrogen (secondary N) is 1.